The summed E-state index contributed by atoms with van der Waals surface area (Å²) >= 11 is 0. The summed E-state index contributed by atoms with van der Waals surface area (Å²) in [4.78, 5) is 15.2. The van der Waals surface area contributed by atoms with E-state index in [1.54, 1.807) is 0 Å². The second-order valence-electron chi connectivity index (χ2n) is 6.30. The van der Waals surface area contributed by atoms with Crippen LogP contribution in [0.25, 0.3) is 0 Å². The van der Waals surface area contributed by atoms with Gasteiger partial charge < -0.3 is 9.64 Å². The fourth-order valence-corrected chi connectivity index (χ4v) is 2.05. The van der Waals surface area contributed by atoms with Crippen LogP contribution in [0.5, 0.6) is 0 Å². The number of nitrogens with zero attached hydrogens (tertiary/aromatic N) is 2. The molecule has 0 unspecified atom stereocenters. The number of pyridine rings is 1. The Labute approximate surface area is 134 Å². The average molecular weight is 332 g/mol. The highest BCUT2D eigenvalue weighted by Gasteiger charge is 2.31. The van der Waals surface area contributed by atoms with E-state index in [1.807, 2.05) is 25.7 Å². The number of carbonyl (C=O) groups excluding carboxylic acids is 1. The minimum Gasteiger partial charge on any atom is -0.462 e. The van der Waals surface area contributed by atoms with Gasteiger partial charge in [-0.05, 0) is 46.1 Å². The molecule has 2 rings (SSSR count). The number of halogens is 3. The van der Waals surface area contributed by atoms with Crippen molar-refractivity contribution in [3.05, 3.63) is 24.0 Å². The van der Waals surface area contributed by atoms with Crippen molar-refractivity contribution in [1.82, 2.24) is 4.98 Å². The second-order valence-corrected chi connectivity index (χ2v) is 6.30. The van der Waals surface area contributed by atoms with Crippen LogP contribution in [0.2, 0.25) is 0 Å². The van der Waals surface area contributed by atoms with Gasteiger partial charge in [-0.3, -0.25) is 9.78 Å². The zero-order valence-electron chi connectivity index (χ0n) is 13.7. The van der Waals surface area contributed by atoms with E-state index in [-0.39, 0.29) is 5.60 Å². The molecule has 23 heavy (non-hydrogen) atoms. The lowest BCUT2D eigenvalue weighted by molar-refractivity contribution is -0.139. The van der Waals surface area contributed by atoms with Crippen molar-refractivity contribution in [1.29, 1.82) is 0 Å². The van der Waals surface area contributed by atoms with Crippen LogP contribution in [-0.4, -0.2) is 30.1 Å². The zero-order valence-corrected chi connectivity index (χ0v) is 13.7. The van der Waals surface area contributed by atoms with Crippen LogP contribution in [-0.2, 0) is 15.7 Å². The summed E-state index contributed by atoms with van der Waals surface area (Å²) in [6.45, 7) is 7.57. The summed E-state index contributed by atoms with van der Waals surface area (Å²) in [5.74, 6) is 0. The lowest BCUT2D eigenvalue weighted by Crippen LogP contribution is -2.29. The molecule has 0 aromatic carbocycles. The van der Waals surface area contributed by atoms with Gasteiger partial charge in [0.1, 0.15) is 5.60 Å². The molecule has 0 atom stereocenters. The Morgan fingerprint density at radius 1 is 1.13 bits per heavy atom. The van der Waals surface area contributed by atoms with Crippen molar-refractivity contribution in [2.24, 2.45) is 0 Å². The third kappa shape index (κ3) is 7.34. The van der Waals surface area contributed by atoms with Gasteiger partial charge in [-0.15, -0.1) is 0 Å². The van der Waals surface area contributed by atoms with Gasteiger partial charge in [0, 0.05) is 19.3 Å². The average Bonchev–Trinajstić information content (AvgIpc) is 2.47. The number of aromatic nitrogens is 1. The maximum Gasteiger partial charge on any atom is 0.417 e. The predicted molar refractivity (Wildman–Crippen MR) is 82.2 cm³/mol. The summed E-state index contributed by atoms with van der Waals surface area (Å²) in [6.07, 6.45) is 1.29. The molecule has 0 amide bonds. The van der Waals surface area contributed by atoms with Crippen molar-refractivity contribution in [2.75, 3.05) is 18.0 Å². The molecular weight excluding hydrogens is 309 g/mol. The van der Waals surface area contributed by atoms with E-state index in [0.29, 0.717) is 12.2 Å². The van der Waals surface area contributed by atoms with E-state index < -0.39 is 11.7 Å². The van der Waals surface area contributed by atoms with Gasteiger partial charge >= 0.3 is 6.18 Å². The standard InChI is InChI=1S/C11H13F3N2.C5H10O2/c12-11(13,14)9-6-10(8-15-7-9)16-4-2-1-3-5-16;1-5(2,3)7-4-6/h6-8H,1-5H2;4H,1-3H3. The summed E-state index contributed by atoms with van der Waals surface area (Å²) in [5.41, 5.74) is -0.410. The fraction of sp³-hybridized carbons (Fsp3) is 0.625. The molecule has 4 nitrogen and oxygen atoms in total. The molecule has 1 aliphatic rings. The highest BCUT2D eigenvalue weighted by molar-refractivity contribution is 5.46. The highest BCUT2D eigenvalue weighted by Crippen LogP contribution is 2.31. The van der Waals surface area contributed by atoms with E-state index in [2.05, 4.69) is 9.72 Å². The number of ether oxygens (including phenoxy) is 1. The molecule has 0 radical (unpaired) electrons. The lowest BCUT2D eigenvalue weighted by atomic mass is 10.1. The Balaban J connectivity index is 0.000000322. The molecule has 1 aromatic heterocycles. The Morgan fingerprint density at radius 3 is 2.17 bits per heavy atom. The van der Waals surface area contributed by atoms with Crippen LogP contribution in [0.15, 0.2) is 18.5 Å². The second kappa shape index (κ2) is 8.17. The smallest absolute Gasteiger partial charge is 0.417 e. The summed E-state index contributed by atoms with van der Waals surface area (Å²) in [5, 5.41) is 0. The van der Waals surface area contributed by atoms with Crippen molar-refractivity contribution in [2.45, 2.75) is 51.8 Å². The quantitative estimate of drug-likeness (QED) is 0.766. The number of hydrogen-bond donors (Lipinski definition) is 0. The van der Waals surface area contributed by atoms with Crippen LogP contribution in [0, 0.1) is 0 Å². The van der Waals surface area contributed by atoms with E-state index in [0.717, 1.165) is 38.5 Å². The maximum atomic E-state index is 12.5. The molecule has 0 spiro atoms. The van der Waals surface area contributed by atoms with Gasteiger partial charge in [0.25, 0.3) is 6.47 Å². The fourth-order valence-electron chi connectivity index (χ4n) is 2.05. The molecule has 0 N–H and O–H groups in total. The first-order chi connectivity index (χ1) is 10.6. The molecule has 1 aliphatic heterocycles. The number of anilines is 1. The molecule has 1 saturated heterocycles. The number of hydrogen-bond acceptors (Lipinski definition) is 4. The summed E-state index contributed by atoms with van der Waals surface area (Å²) in [7, 11) is 0. The molecule has 2 heterocycles. The van der Waals surface area contributed by atoms with Crippen LogP contribution >= 0.6 is 0 Å². The minimum atomic E-state index is -4.31. The third-order valence-electron chi connectivity index (χ3n) is 3.17. The first-order valence-corrected chi connectivity index (χ1v) is 7.52. The molecule has 130 valence electrons. The third-order valence-corrected chi connectivity index (χ3v) is 3.17. The Morgan fingerprint density at radius 2 is 1.74 bits per heavy atom. The summed E-state index contributed by atoms with van der Waals surface area (Å²) in [6, 6.07) is 1.18. The van der Waals surface area contributed by atoms with Crippen molar-refractivity contribution >= 4 is 12.2 Å². The van der Waals surface area contributed by atoms with Crippen LogP contribution < -0.4 is 4.90 Å². The molecule has 0 bridgehead atoms. The highest BCUT2D eigenvalue weighted by atomic mass is 19.4. The maximum absolute atomic E-state index is 12.5. The first-order valence-electron chi connectivity index (χ1n) is 7.52. The van der Waals surface area contributed by atoms with E-state index >= 15 is 0 Å². The Bertz CT molecular complexity index is 493. The Kier molecular flexibility index (Phi) is 6.84. The number of alkyl halides is 3. The number of rotatable bonds is 2. The molecule has 1 fully saturated rings. The van der Waals surface area contributed by atoms with E-state index in [4.69, 9.17) is 0 Å². The zero-order chi connectivity index (χ0) is 17.5. The molecule has 0 saturated carbocycles. The summed E-state index contributed by atoms with van der Waals surface area (Å²) < 4.78 is 42.0. The molecule has 0 aliphatic carbocycles. The number of carbonyl (C=O) groups is 1. The van der Waals surface area contributed by atoms with Gasteiger partial charge in [0.05, 0.1) is 17.4 Å². The first kappa shape index (κ1) is 19.3. The topological polar surface area (TPSA) is 42.4 Å². The Hall–Kier alpha value is -1.79. The van der Waals surface area contributed by atoms with Crippen LogP contribution in [0.3, 0.4) is 0 Å². The SMILES string of the molecule is CC(C)(C)OC=O.FC(F)(F)c1cncc(N2CCCCC2)c1. The van der Waals surface area contributed by atoms with Gasteiger partial charge in [0.15, 0.2) is 0 Å². The normalized spacial score (nSPS) is 15.5. The van der Waals surface area contributed by atoms with Gasteiger partial charge in [-0.1, -0.05) is 0 Å². The van der Waals surface area contributed by atoms with Crippen LogP contribution in [0.1, 0.15) is 45.6 Å². The lowest BCUT2D eigenvalue weighted by Gasteiger charge is -2.28. The predicted octanol–water partition coefficient (Wildman–Crippen LogP) is 4.05. The number of piperidine rings is 1. The largest absolute Gasteiger partial charge is 0.462 e. The van der Waals surface area contributed by atoms with Crippen molar-refractivity contribution in [3.8, 4) is 0 Å². The van der Waals surface area contributed by atoms with Gasteiger partial charge in [-0.25, -0.2) is 0 Å². The van der Waals surface area contributed by atoms with Crippen molar-refractivity contribution in [3.63, 3.8) is 0 Å². The molecule has 1 aromatic rings. The molecular formula is C16H23F3N2O2. The van der Waals surface area contributed by atoms with Gasteiger partial charge in [-0.2, -0.15) is 13.2 Å². The minimum absolute atomic E-state index is 0.318. The molecule has 7 heteroatoms. The van der Waals surface area contributed by atoms with Gasteiger partial charge in [0.2, 0.25) is 0 Å². The van der Waals surface area contributed by atoms with E-state index in [1.165, 1.54) is 12.3 Å². The van der Waals surface area contributed by atoms with E-state index in [9.17, 15) is 18.0 Å². The van der Waals surface area contributed by atoms with Crippen molar-refractivity contribution < 1.29 is 22.7 Å². The monoisotopic (exact) mass is 332 g/mol. The van der Waals surface area contributed by atoms with Crippen LogP contribution in [0.4, 0.5) is 18.9 Å².